The standard InChI is InChI=1S/C15H21F2N3O2/c1-3-6-12(18)15(22)20(4-2)9-13(21)19-14-10(16)7-5-8-11(14)17/h5,7-8,12H,3-4,6,9,18H2,1-2H3,(H,19,21). The molecule has 0 aliphatic rings. The lowest BCUT2D eigenvalue weighted by Crippen LogP contribution is -2.46. The lowest BCUT2D eigenvalue weighted by Gasteiger charge is -2.23. The maximum Gasteiger partial charge on any atom is 0.244 e. The van der Waals surface area contributed by atoms with Gasteiger partial charge in [0.2, 0.25) is 11.8 Å². The van der Waals surface area contributed by atoms with Gasteiger partial charge in [-0.3, -0.25) is 9.59 Å². The average Bonchev–Trinajstić information content (AvgIpc) is 2.48. The Morgan fingerprint density at radius 1 is 1.27 bits per heavy atom. The number of hydrogen-bond acceptors (Lipinski definition) is 3. The highest BCUT2D eigenvalue weighted by Gasteiger charge is 2.22. The third-order valence-corrected chi connectivity index (χ3v) is 3.17. The number of hydrogen-bond donors (Lipinski definition) is 2. The first-order valence-corrected chi connectivity index (χ1v) is 7.18. The molecule has 5 nitrogen and oxygen atoms in total. The summed E-state index contributed by atoms with van der Waals surface area (Å²) in [5.41, 5.74) is 5.22. The van der Waals surface area contributed by atoms with Crippen molar-refractivity contribution in [1.82, 2.24) is 4.90 Å². The molecule has 1 rings (SSSR count). The van der Waals surface area contributed by atoms with Crippen molar-refractivity contribution in [2.24, 2.45) is 5.73 Å². The minimum Gasteiger partial charge on any atom is -0.332 e. The highest BCUT2D eigenvalue weighted by molar-refractivity contribution is 5.95. The van der Waals surface area contributed by atoms with Gasteiger partial charge in [0.1, 0.15) is 17.3 Å². The Hall–Kier alpha value is -2.02. The number of rotatable bonds is 7. The van der Waals surface area contributed by atoms with Gasteiger partial charge in [0, 0.05) is 6.54 Å². The molecule has 0 radical (unpaired) electrons. The first-order valence-electron chi connectivity index (χ1n) is 7.18. The SMILES string of the molecule is CCCC(N)C(=O)N(CC)CC(=O)Nc1c(F)cccc1F. The Balaban J connectivity index is 2.71. The number of nitrogens with one attached hydrogen (secondary N) is 1. The number of nitrogens with zero attached hydrogens (tertiary/aromatic N) is 1. The molecule has 22 heavy (non-hydrogen) atoms. The van der Waals surface area contributed by atoms with Crippen LogP contribution in [-0.2, 0) is 9.59 Å². The zero-order valence-electron chi connectivity index (χ0n) is 12.7. The minimum absolute atomic E-state index is 0.281. The van der Waals surface area contributed by atoms with Gasteiger partial charge in [0.15, 0.2) is 0 Å². The maximum atomic E-state index is 13.5. The molecule has 1 unspecified atom stereocenters. The third kappa shape index (κ3) is 4.77. The molecule has 0 saturated heterocycles. The van der Waals surface area contributed by atoms with Crippen molar-refractivity contribution < 1.29 is 18.4 Å². The summed E-state index contributed by atoms with van der Waals surface area (Å²) in [6.45, 7) is 3.58. The fraction of sp³-hybridized carbons (Fsp3) is 0.467. The summed E-state index contributed by atoms with van der Waals surface area (Å²) in [6.07, 6.45) is 1.26. The van der Waals surface area contributed by atoms with Crippen LogP contribution >= 0.6 is 0 Å². The van der Waals surface area contributed by atoms with Crippen molar-refractivity contribution in [3.63, 3.8) is 0 Å². The largest absolute Gasteiger partial charge is 0.332 e. The molecule has 1 aromatic rings. The van der Waals surface area contributed by atoms with Crippen molar-refractivity contribution >= 4 is 17.5 Å². The molecule has 2 amide bonds. The highest BCUT2D eigenvalue weighted by Crippen LogP contribution is 2.17. The van der Waals surface area contributed by atoms with Gasteiger partial charge in [-0.25, -0.2) is 8.78 Å². The second-order valence-electron chi connectivity index (χ2n) is 4.89. The number of benzene rings is 1. The van der Waals surface area contributed by atoms with Gasteiger partial charge in [-0.2, -0.15) is 0 Å². The average molecular weight is 313 g/mol. The van der Waals surface area contributed by atoms with Gasteiger partial charge in [-0.1, -0.05) is 19.4 Å². The van der Waals surface area contributed by atoms with Crippen molar-refractivity contribution in [3.05, 3.63) is 29.8 Å². The Kier molecular flexibility index (Phi) is 6.91. The molecule has 0 heterocycles. The van der Waals surface area contributed by atoms with Gasteiger partial charge < -0.3 is 16.0 Å². The number of nitrogens with two attached hydrogens (primary N) is 1. The molecule has 1 aromatic carbocycles. The van der Waals surface area contributed by atoms with Crippen LogP contribution < -0.4 is 11.1 Å². The molecule has 0 aliphatic carbocycles. The summed E-state index contributed by atoms with van der Waals surface area (Å²) >= 11 is 0. The van der Waals surface area contributed by atoms with E-state index in [4.69, 9.17) is 5.73 Å². The second-order valence-corrected chi connectivity index (χ2v) is 4.89. The smallest absolute Gasteiger partial charge is 0.244 e. The number of carbonyl (C=O) groups excluding carboxylic acids is 2. The molecule has 0 bridgehead atoms. The zero-order chi connectivity index (χ0) is 16.7. The molecule has 0 spiro atoms. The minimum atomic E-state index is -0.870. The lowest BCUT2D eigenvalue weighted by molar-refractivity contribution is -0.135. The topological polar surface area (TPSA) is 75.4 Å². The van der Waals surface area contributed by atoms with E-state index < -0.39 is 29.3 Å². The molecule has 3 N–H and O–H groups in total. The molecular weight excluding hydrogens is 292 g/mol. The van der Waals surface area contributed by atoms with E-state index in [1.807, 2.05) is 6.92 Å². The predicted octanol–water partition coefficient (Wildman–Crippen LogP) is 1.88. The monoisotopic (exact) mass is 313 g/mol. The molecular formula is C15H21F2N3O2. The first-order chi connectivity index (χ1) is 10.4. The molecule has 122 valence electrons. The second kappa shape index (κ2) is 8.43. The Morgan fingerprint density at radius 3 is 2.36 bits per heavy atom. The van der Waals surface area contributed by atoms with E-state index in [0.717, 1.165) is 18.6 Å². The Bertz CT molecular complexity index is 517. The molecule has 7 heteroatoms. The summed E-state index contributed by atoms with van der Waals surface area (Å²) in [6, 6.07) is 2.60. The normalized spacial score (nSPS) is 11.9. The van der Waals surface area contributed by atoms with Crippen LogP contribution in [0.2, 0.25) is 0 Å². The summed E-state index contributed by atoms with van der Waals surface area (Å²) < 4.78 is 26.9. The number of carbonyl (C=O) groups is 2. The quantitative estimate of drug-likeness (QED) is 0.807. The predicted molar refractivity (Wildman–Crippen MR) is 80.1 cm³/mol. The van der Waals surface area contributed by atoms with Crippen LogP contribution in [0.4, 0.5) is 14.5 Å². The highest BCUT2D eigenvalue weighted by atomic mass is 19.1. The van der Waals surface area contributed by atoms with Crippen LogP contribution in [0.15, 0.2) is 18.2 Å². The zero-order valence-corrected chi connectivity index (χ0v) is 12.7. The van der Waals surface area contributed by atoms with Crippen molar-refractivity contribution in [3.8, 4) is 0 Å². The summed E-state index contributed by atoms with van der Waals surface area (Å²) in [5, 5.41) is 2.15. The van der Waals surface area contributed by atoms with Crippen LogP contribution in [0.3, 0.4) is 0 Å². The molecule has 0 saturated carbocycles. The molecule has 0 aromatic heterocycles. The Labute approximate surface area is 128 Å². The molecule has 0 fully saturated rings. The Morgan fingerprint density at radius 2 is 1.86 bits per heavy atom. The number of likely N-dealkylation sites (N-methyl/N-ethyl adjacent to an activating group) is 1. The molecule has 0 aliphatic heterocycles. The number of halogens is 2. The van der Waals surface area contributed by atoms with Gasteiger partial charge in [0.05, 0.1) is 12.6 Å². The van der Waals surface area contributed by atoms with Crippen molar-refractivity contribution in [2.75, 3.05) is 18.4 Å². The number of amides is 2. The molecule has 1 atom stereocenters. The first kappa shape index (κ1) is 18.0. The van der Waals surface area contributed by atoms with Gasteiger partial charge in [-0.05, 0) is 25.5 Å². The van der Waals surface area contributed by atoms with Crippen molar-refractivity contribution in [2.45, 2.75) is 32.7 Å². The van der Waals surface area contributed by atoms with E-state index in [1.165, 1.54) is 11.0 Å². The van der Waals surface area contributed by atoms with Crippen molar-refractivity contribution in [1.29, 1.82) is 0 Å². The maximum absolute atomic E-state index is 13.5. The fourth-order valence-corrected chi connectivity index (χ4v) is 1.98. The van der Waals surface area contributed by atoms with E-state index in [1.54, 1.807) is 6.92 Å². The number of para-hydroxylation sites is 1. The van der Waals surface area contributed by atoms with Crippen LogP contribution in [0.5, 0.6) is 0 Å². The van der Waals surface area contributed by atoms with Crippen LogP contribution in [-0.4, -0.2) is 35.8 Å². The van der Waals surface area contributed by atoms with Gasteiger partial charge in [0.25, 0.3) is 0 Å². The van der Waals surface area contributed by atoms with E-state index in [-0.39, 0.29) is 19.0 Å². The van der Waals surface area contributed by atoms with E-state index in [0.29, 0.717) is 6.42 Å². The lowest BCUT2D eigenvalue weighted by atomic mass is 10.1. The van der Waals surface area contributed by atoms with Crippen LogP contribution in [0.1, 0.15) is 26.7 Å². The van der Waals surface area contributed by atoms with Gasteiger partial charge in [-0.15, -0.1) is 0 Å². The van der Waals surface area contributed by atoms with Crippen LogP contribution in [0, 0.1) is 11.6 Å². The van der Waals surface area contributed by atoms with E-state index >= 15 is 0 Å². The summed E-state index contributed by atoms with van der Waals surface area (Å²) in [7, 11) is 0. The third-order valence-electron chi connectivity index (χ3n) is 3.17. The van der Waals surface area contributed by atoms with E-state index in [2.05, 4.69) is 5.32 Å². The van der Waals surface area contributed by atoms with Gasteiger partial charge >= 0.3 is 0 Å². The van der Waals surface area contributed by atoms with Crippen LogP contribution in [0.25, 0.3) is 0 Å². The fourth-order valence-electron chi connectivity index (χ4n) is 1.98. The summed E-state index contributed by atoms with van der Waals surface area (Å²) in [5.74, 6) is -2.77. The summed E-state index contributed by atoms with van der Waals surface area (Å²) in [4.78, 5) is 25.2. The number of anilines is 1. The van der Waals surface area contributed by atoms with E-state index in [9.17, 15) is 18.4 Å².